The van der Waals surface area contributed by atoms with E-state index in [1.54, 1.807) is 30.3 Å². The normalized spacial score (nSPS) is 12.3. The molecule has 0 bridgehead atoms. The summed E-state index contributed by atoms with van der Waals surface area (Å²) < 4.78 is 38.5. The van der Waals surface area contributed by atoms with E-state index in [4.69, 9.17) is 16.9 Å². The third-order valence-corrected chi connectivity index (χ3v) is 4.45. The summed E-state index contributed by atoms with van der Waals surface area (Å²) in [5.41, 5.74) is 0.984. The molecule has 2 N–H and O–H groups in total. The van der Waals surface area contributed by atoms with E-state index >= 15 is 0 Å². The lowest BCUT2D eigenvalue weighted by atomic mass is 10.1. The Hall–Kier alpha value is -3.15. The first-order valence-corrected chi connectivity index (χ1v) is 8.77. The summed E-state index contributed by atoms with van der Waals surface area (Å²) >= 11 is 5.76. The molecular formula is C20H14ClF3N4O. The molecule has 0 amide bonds. The first kappa shape index (κ1) is 20.6. The molecule has 2 aromatic carbocycles. The van der Waals surface area contributed by atoms with Gasteiger partial charge in [0.1, 0.15) is 12.1 Å². The molecule has 3 rings (SSSR count). The maximum absolute atomic E-state index is 12.8. The lowest BCUT2D eigenvalue weighted by Crippen LogP contribution is -2.13. The van der Waals surface area contributed by atoms with Crippen molar-refractivity contribution in [2.75, 3.05) is 11.9 Å². The molecule has 0 aliphatic heterocycles. The van der Waals surface area contributed by atoms with Gasteiger partial charge < -0.3 is 10.4 Å². The Balaban J connectivity index is 1.72. The van der Waals surface area contributed by atoms with Crippen molar-refractivity contribution in [1.29, 1.82) is 5.26 Å². The van der Waals surface area contributed by atoms with Crippen LogP contribution in [-0.4, -0.2) is 21.6 Å². The number of rotatable bonds is 5. The van der Waals surface area contributed by atoms with Crippen LogP contribution < -0.4 is 5.32 Å². The van der Waals surface area contributed by atoms with Gasteiger partial charge in [-0.3, -0.25) is 0 Å². The number of aliphatic hydroxyl groups excluding tert-OH is 1. The van der Waals surface area contributed by atoms with Crippen LogP contribution >= 0.6 is 11.6 Å². The van der Waals surface area contributed by atoms with Crippen LogP contribution in [0.5, 0.6) is 0 Å². The second-order valence-corrected chi connectivity index (χ2v) is 6.52. The number of hydrogen-bond donors (Lipinski definition) is 2. The largest absolute Gasteiger partial charge is 0.417 e. The number of aliphatic hydroxyl groups is 1. The van der Waals surface area contributed by atoms with Crippen molar-refractivity contribution in [2.24, 2.45) is 0 Å². The van der Waals surface area contributed by atoms with Gasteiger partial charge in [-0.1, -0.05) is 29.8 Å². The number of nitrogens with zero attached hydrogens (tertiary/aromatic N) is 3. The molecule has 1 heterocycles. The number of hydrogen-bond acceptors (Lipinski definition) is 5. The fourth-order valence-corrected chi connectivity index (χ4v) is 2.90. The van der Waals surface area contributed by atoms with E-state index in [1.807, 2.05) is 6.07 Å². The molecule has 1 atom stereocenters. The Morgan fingerprint density at radius 2 is 1.83 bits per heavy atom. The van der Waals surface area contributed by atoms with Crippen LogP contribution in [0.3, 0.4) is 0 Å². The average molecular weight is 419 g/mol. The summed E-state index contributed by atoms with van der Waals surface area (Å²) in [6.45, 7) is 0.135. The van der Waals surface area contributed by atoms with Gasteiger partial charge in [0.05, 0.1) is 34.0 Å². The molecule has 0 spiro atoms. The first-order chi connectivity index (χ1) is 13.8. The van der Waals surface area contributed by atoms with Crippen molar-refractivity contribution in [3.63, 3.8) is 0 Å². The van der Waals surface area contributed by atoms with Gasteiger partial charge in [-0.15, -0.1) is 0 Å². The maximum Gasteiger partial charge on any atom is 0.417 e. The Morgan fingerprint density at radius 3 is 2.45 bits per heavy atom. The van der Waals surface area contributed by atoms with Gasteiger partial charge in [0, 0.05) is 18.2 Å². The highest BCUT2D eigenvalue weighted by atomic mass is 35.5. The third-order valence-electron chi connectivity index (χ3n) is 4.14. The minimum atomic E-state index is -4.53. The molecule has 148 valence electrons. The number of nitrogens with one attached hydrogen (secondary N) is 1. The Kier molecular flexibility index (Phi) is 6.01. The van der Waals surface area contributed by atoms with Crippen molar-refractivity contribution in [1.82, 2.24) is 9.97 Å². The SMILES string of the molecule is N#Cc1ccc([C@@H](O)CNc2cc(-c3ccc(C(F)(F)F)c(Cl)c3)ncn2)cc1. The Morgan fingerprint density at radius 1 is 1.10 bits per heavy atom. The van der Waals surface area contributed by atoms with Crippen molar-refractivity contribution < 1.29 is 18.3 Å². The molecule has 0 saturated carbocycles. The molecule has 29 heavy (non-hydrogen) atoms. The zero-order valence-corrected chi connectivity index (χ0v) is 15.5. The van der Waals surface area contributed by atoms with Gasteiger partial charge in [0.2, 0.25) is 0 Å². The van der Waals surface area contributed by atoms with E-state index in [0.717, 1.165) is 6.07 Å². The smallest absolute Gasteiger partial charge is 0.387 e. The molecule has 0 aliphatic rings. The van der Waals surface area contributed by atoms with Gasteiger partial charge in [0.25, 0.3) is 0 Å². The molecule has 0 radical (unpaired) electrons. The molecule has 5 nitrogen and oxygen atoms in total. The number of aromatic nitrogens is 2. The van der Waals surface area contributed by atoms with Crippen molar-refractivity contribution in [3.8, 4) is 17.3 Å². The number of benzene rings is 2. The highest BCUT2D eigenvalue weighted by molar-refractivity contribution is 6.31. The van der Waals surface area contributed by atoms with Crippen LogP contribution in [0, 0.1) is 11.3 Å². The van der Waals surface area contributed by atoms with Gasteiger partial charge >= 0.3 is 6.18 Å². The van der Waals surface area contributed by atoms with E-state index in [0.29, 0.717) is 28.2 Å². The quantitative estimate of drug-likeness (QED) is 0.620. The Bertz CT molecular complexity index is 1050. The second-order valence-electron chi connectivity index (χ2n) is 6.11. The van der Waals surface area contributed by atoms with Crippen molar-refractivity contribution in [3.05, 3.63) is 76.6 Å². The van der Waals surface area contributed by atoms with Crippen LogP contribution in [0.1, 0.15) is 22.8 Å². The zero-order valence-electron chi connectivity index (χ0n) is 14.8. The van der Waals surface area contributed by atoms with Crippen LogP contribution in [0.15, 0.2) is 54.9 Å². The summed E-state index contributed by atoms with van der Waals surface area (Å²) in [5, 5.41) is 21.6. The van der Waals surface area contributed by atoms with Gasteiger partial charge in [-0.25, -0.2) is 9.97 Å². The topological polar surface area (TPSA) is 81.8 Å². The highest BCUT2D eigenvalue weighted by Gasteiger charge is 2.33. The number of halogens is 4. The number of alkyl halides is 3. The molecular weight excluding hydrogens is 405 g/mol. The van der Waals surface area contributed by atoms with E-state index in [9.17, 15) is 18.3 Å². The molecule has 0 unspecified atom stereocenters. The molecule has 3 aromatic rings. The predicted molar refractivity (Wildman–Crippen MR) is 102 cm³/mol. The lowest BCUT2D eigenvalue weighted by Gasteiger charge is -2.13. The maximum atomic E-state index is 12.8. The third kappa shape index (κ3) is 5.02. The summed E-state index contributed by atoms with van der Waals surface area (Å²) in [6, 6.07) is 13.5. The summed E-state index contributed by atoms with van der Waals surface area (Å²) in [5.74, 6) is 0.388. The standard InChI is InChI=1S/C20H14ClF3N4O/c21-16-7-14(5-6-15(16)20(22,23)24)17-8-19(28-11-27-17)26-10-18(29)13-3-1-12(9-25)2-4-13/h1-8,11,18,29H,10H2,(H,26,27,28)/t18-/m0/s1. The monoisotopic (exact) mass is 418 g/mol. The first-order valence-electron chi connectivity index (χ1n) is 8.39. The fourth-order valence-electron chi connectivity index (χ4n) is 2.62. The molecule has 0 aliphatic carbocycles. The van der Waals surface area contributed by atoms with Crippen molar-refractivity contribution in [2.45, 2.75) is 12.3 Å². The summed E-state index contributed by atoms with van der Waals surface area (Å²) in [6.07, 6.45) is -4.12. The lowest BCUT2D eigenvalue weighted by molar-refractivity contribution is -0.137. The van der Waals surface area contributed by atoms with Crippen LogP contribution in [-0.2, 0) is 6.18 Å². The van der Waals surface area contributed by atoms with E-state index in [1.165, 1.54) is 18.5 Å². The summed E-state index contributed by atoms with van der Waals surface area (Å²) in [4.78, 5) is 8.11. The summed E-state index contributed by atoms with van der Waals surface area (Å²) in [7, 11) is 0. The minimum Gasteiger partial charge on any atom is -0.387 e. The van der Waals surface area contributed by atoms with E-state index < -0.39 is 22.9 Å². The highest BCUT2D eigenvalue weighted by Crippen LogP contribution is 2.36. The van der Waals surface area contributed by atoms with Gasteiger partial charge in [-0.2, -0.15) is 18.4 Å². The van der Waals surface area contributed by atoms with Gasteiger partial charge in [-0.05, 0) is 29.8 Å². The van der Waals surface area contributed by atoms with Crippen molar-refractivity contribution >= 4 is 17.4 Å². The van der Waals surface area contributed by atoms with E-state index in [-0.39, 0.29) is 6.54 Å². The molecule has 0 fully saturated rings. The molecule has 0 saturated heterocycles. The van der Waals surface area contributed by atoms with Crippen LogP contribution in [0.4, 0.5) is 19.0 Å². The molecule has 1 aromatic heterocycles. The zero-order chi connectivity index (χ0) is 21.0. The average Bonchev–Trinajstić information content (AvgIpc) is 2.71. The predicted octanol–water partition coefficient (Wildman–Crippen LogP) is 4.83. The number of anilines is 1. The number of nitriles is 1. The minimum absolute atomic E-state index is 0.135. The van der Waals surface area contributed by atoms with Crippen LogP contribution in [0.2, 0.25) is 5.02 Å². The molecule has 9 heteroatoms. The Labute approximate surface area is 169 Å². The fraction of sp³-hybridized carbons (Fsp3) is 0.150. The van der Waals surface area contributed by atoms with Gasteiger partial charge in [0.15, 0.2) is 0 Å². The second kappa shape index (κ2) is 8.47. The van der Waals surface area contributed by atoms with E-state index in [2.05, 4.69) is 15.3 Å². The van der Waals surface area contributed by atoms with Crippen LogP contribution in [0.25, 0.3) is 11.3 Å².